The first kappa shape index (κ1) is 8.50. The quantitative estimate of drug-likeness (QED) is 0.563. The number of hydrogen-bond acceptors (Lipinski definition) is 4. The molecule has 2 aromatic rings. The van der Waals surface area contributed by atoms with Crippen molar-refractivity contribution in [1.82, 2.24) is 5.43 Å². The predicted octanol–water partition coefficient (Wildman–Crippen LogP) is 1.72. The zero-order valence-corrected chi connectivity index (χ0v) is 8.14. The molecule has 0 aliphatic carbocycles. The van der Waals surface area contributed by atoms with E-state index in [4.69, 9.17) is 5.84 Å². The van der Waals surface area contributed by atoms with E-state index in [-0.39, 0.29) is 0 Å². The highest BCUT2D eigenvalue weighted by atomic mass is 32.1. The summed E-state index contributed by atoms with van der Waals surface area (Å²) in [4.78, 5) is 0. The zero-order valence-electron chi connectivity index (χ0n) is 7.32. The van der Waals surface area contributed by atoms with Gasteiger partial charge in [0.25, 0.3) is 0 Å². The van der Waals surface area contributed by atoms with Crippen molar-refractivity contribution < 1.29 is 0 Å². The number of nitrogens with two attached hydrogens (primary N) is 1. The summed E-state index contributed by atoms with van der Waals surface area (Å²) < 4.78 is 1.25. The molecule has 0 aliphatic rings. The van der Waals surface area contributed by atoms with Crippen molar-refractivity contribution >= 4 is 27.1 Å². The first-order chi connectivity index (χ1) is 6.33. The molecular weight excluding hydrogens is 182 g/mol. The van der Waals surface area contributed by atoms with Gasteiger partial charge in [-0.1, -0.05) is 6.07 Å². The molecule has 2 rings (SSSR count). The van der Waals surface area contributed by atoms with Crippen LogP contribution in [-0.4, -0.2) is 7.05 Å². The van der Waals surface area contributed by atoms with Crippen LogP contribution in [0.1, 0.15) is 0 Å². The fraction of sp³-hybridized carbons (Fsp3) is 0.111. The second kappa shape index (κ2) is 3.33. The molecule has 68 valence electrons. The first-order valence-corrected chi connectivity index (χ1v) is 4.89. The van der Waals surface area contributed by atoms with Crippen molar-refractivity contribution in [2.75, 3.05) is 12.2 Å². The Labute approximate surface area is 80.7 Å². The van der Waals surface area contributed by atoms with Gasteiger partial charge in [0.05, 0.1) is 5.69 Å². The molecular formula is C9H11N3S. The van der Waals surface area contributed by atoms with Gasteiger partial charge in [0.15, 0.2) is 0 Å². The van der Waals surface area contributed by atoms with Gasteiger partial charge < -0.3 is 0 Å². The van der Waals surface area contributed by atoms with E-state index in [1.807, 2.05) is 12.1 Å². The van der Waals surface area contributed by atoms with Crippen molar-refractivity contribution in [3.63, 3.8) is 0 Å². The Morgan fingerprint density at radius 1 is 1.38 bits per heavy atom. The lowest BCUT2D eigenvalue weighted by Gasteiger charge is -2.17. The highest BCUT2D eigenvalue weighted by Crippen LogP contribution is 2.28. The molecule has 0 unspecified atom stereocenters. The number of hydrazine groups is 2. The van der Waals surface area contributed by atoms with E-state index in [0.29, 0.717) is 0 Å². The van der Waals surface area contributed by atoms with Crippen molar-refractivity contribution in [2.45, 2.75) is 0 Å². The molecule has 0 amide bonds. The highest BCUT2D eigenvalue weighted by molar-refractivity contribution is 7.17. The molecule has 13 heavy (non-hydrogen) atoms. The number of nitrogens with one attached hydrogen (secondary N) is 1. The number of thiophene rings is 1. The second-order valence-corrected chi connectivity index (χ2v) is 3.65. The van der Waals surface area contributed by atoms with Crippen molar-refractivity contribution in [3.8, 4) is 0 Å². The fourth-order valence-electron chi connectivity index (χ4n) is 1.31. The van der Waals surface area contributed by atoms with E-state index < -0.39 is 0 Å². The van der Waals surface area contributed by atoms with Crippen LogP contribution in [0.3, 0.4) is 0 Å². The van der Waals surface area contributed by atoms with Crippen molar-refractivity contribution in [2.24, 2.45) is 5.84 Å². The van der Waals surface area contributed by atoms with Gasteiger partial charge in [0.1, 0.15) is 0 Å². The molecule has 3 nitrogen and oxygen atoms in total. The van der Waals surface area contributed by atoms with E-state index in [2.05, 4.69) is 22.9 Å². The summed E-state index contributed by atoms with van der Waals surface area (Å²) in [5.74, 6) is 5.75. The molecule has 0 fully saturated rings. The lowest BCUT2D eigenvalue weighted by molar-refractivity contribution is 0.741. The summed E-state index contributed by atoms with van der Waals surface area (Å²) in [7, 11) is 1.80. The summed E-state index contributed by atoms with van der Waals surface area (Å²) in [6.07, 6.45) is 0. The largest absolute Gasteiger partial charge is 0.244 e. The molecule has 0 radical (unpaired) electrons. The minimum absolute atomic E-state index is 1.00. The number of hydrogen-bond donors (Lipinski definition) is 2. The molecule has 1 aromatic heterocycles. The average molecular weight is 193 g/mol. The van der Waals surface area contributed by atoms with Crippen molar-refractivity contribution in [3.05, 3.63) is 29.6 Å². The van der Waals surface area contributed by atoms with Crippen LogP contribution in [0.4, 0.5) is 5.69 Å². The minimum atomic E-state index is 1.00. The average Bonchev–Trinajstić information content (AvgIpc) is 2.63. The first-order valence-electron chi connectivity index (χ1n) is 4.01. The third-order valence-corrected chi connectivity index (χ3v) is 2.86. The smallest absolute Gasteiger partial charge is 0.0786 e. The van der Waals surface area contributed by atoms with Crippen LogP contribution in [0, 0.1) is 0 Å². The van der Waals surface area contributed by atoms with Gasteiger partial charge in [0.2, 0.25) is 0 Å². The Bertz CT molecular complexity index is 410. The van der Waals surface area contributed by atoms with Gasteiger partial charge in [-0.25, -0.2) is 16.4 Å². The number of rotatable bonds is 2. The fourth-order valence-corrected chi connectivity index (χ4v) is 2.12. The Balaban J connectivity index is 2.60. The lowest BCUT2D eigenvalue weighted by atomic mass is 10.2. The van der Waals surface area contributed by atoms with Gasteiger partial charge in [-0.3, -0.25) is 0 Å². The SMILES string of the molecule is CNN(N)c1cccc2sccc12. The summed E-state index contributed by atoms with van der Waals surface area (Å²) >= 11 is 1.72. The molecule has 0 atom stereocenters. The lowest BCUT2D eigenvalue weighted by Crippen LogP contribution is -2.41. The van der Waals surface area contributed by atoms with E-state index in [9.17, 15) is 0 Å². The molecule has 0 aliphatic heterocycles. The van der Waals surface area contributed by atoms with Crippen LogP contribution in [0.5, 0.6) is 0 Å². The van der Waals surface area contributed by atoms with E-state index in [0.717, 1.165) is 5.69 Å². The summed E-state index contributed by atoms with van der Waals surface area (Å²) in [6, 6.07) is 8.16. The van der Waals surface area contributed by atoms with Gasteiger partial charge in [-0.05, 0) is 23.6 Å². The summed E-state index contributed by atoms with van der Waals surface area (Å²) in [5, 5.41) is 4.77. The Morgan fingerprint density at radius 3 is 3.00 bits per heavy atom. The third kappa shape index (κ3) is 1.39. The monoisotopic (exact) mass is 193 g/mol. The van der Waals surface area contributed by atoms with Crippen LogP contribution in [0.25, 0.3) is 10.1 Å². The van der Waals surface area contributed by atoms with Gasteiger partial charge in [-0.2, -0.15) is 0 Å². The third-order valence-electron chi connectivity index (χ3n) is 1.97. The normalized spacial score (nSPS) is 10.6. The zero-order chi connectivity index (χ0) is 9.26. The minimum Gasteiger partial charge on any atom is -0.244 e. The molecule has 1 heterocycles. The Morgan fingerprint density at radius 2 is 2.23 bits per heavy atom. The van der Waals surface area contributed by atoms with Crippen LogP contribution in [-0.2, 0) is 0 Å². The Hall–Kier alpha value is -1.10. The maximum Gasteiger partial charge on any atom is 0.0786 e. The number of fused-ring (bicyclic) bond motifs is 1. The molecule has 0 bridgehead atoms. The molecule has 0 saturated carbocycles. The molecule has 3 N–H and O–H groups in total. The van der Waals surface area contributed by atoms with Crippen LogP contribution >= 0.6 is 11.3 Å². The number of nitrogens with zero attached hydrogens (tertiary/aromatic N) is 1. The number of anilines is 1. The van der Waals surface area contributed by atoms with E-state index in [1.165, 1.54) is 15.2 Å². The molecule has 4 heteroatoms. The second-order valence-electron chi connectivity index (χ2n) is 2.70. The van der Waals surface area contributed by atoms with Gasteiger partial charge in [-0.15, -0.1) is 11.3 Å². The van der Waals surface area contributed by atoms with E-state index >= 15 is 0 Å². The Kier molecular flexibility index (Phi) is 2.18. The summed E-state index contributed by atoms with van der Waals surface area (Å²) in [6.45, 7) is 0. The molecule has 0 spiro atoms. The standard InChI is InChI=1S/C9H11N3S/c1-11-12(10)8-3-2-4-9-7(8)5-6-13-9/h2-6,11H,10H2,1H3. The predicted molar refractivity (Wildman–Crippen MR) is 57.6 cm³/mol. The maximum absolute atomic E-state index is 5.75. The van der Waals surface area contributed by atoms with Gasteiger partial charge in [0, 0.05) is 17.1 Å². The van der Waals surface area contributed by atoms with Gasteiger partial charge >= 0.3 is 0 Å². The summed E-state index contributed by atoms with van der Waals surface area (Å²) in [5.41, 5.74) is 3.88. The number of benzene rings is 1. The topological polar surface area (TPSA) is 41.3 Å². The molecule has 0 saturated heterocycles. The van der Waals surface area contributed by atoms with Crippen molar-refractivity contribution in [1.29, 1.82) is 0 Å². The maximum atomic E-state index is 5.75. The van der Waals surface area contributed by atoms with Crippen LogP contribution < -0.4 is 16.4 Å². The van der Waals surface area contributed by atoms with E-state index in [1.54, 1.807) is 18.4 Å². The van der Waals surface area contributed by atoms with Crippen LogP contribution in [0.15, 0.2) is 29.6 Å². The van der Waals surface area contributed by atoms with Crippen LogP contribution in [0.2, 0.25) is 0 Å². The highest BCUT2D eigenvalue weighted by Gasteiger charge is 2.04. The molecule has 1 aromatic carbocycles.